The topological polar surface area (TPSA) is 69.1 Å². The number of rotatable bonds is 4. The summed E-state index contributed by atoms with van der Waals surface area (Å²) in [6.45, 7) is 8.01. The Morgan fingerprint density at radius 2 is 2.00 bits per heavy atom. The van der Waals surface area contributed by atoms with Gasteiger partial charge in [0.25, 0.3) is 0 Å². The summed E-state index contributed by atoms with van der Waals surface area (Å²) in [5.74, 6) is 0.250. The molecule has 2 saturated heterocycles. The van der Waals surface area contributed by atoms with Crippen molar-refractivity contribution >= 4 is 22.7 Å². The van der Waals surface area contributed by atoms with E-state index in [-0.39, 0.29) is 0 Å². The molecule has 1 aromatic carbocycles. The quantitative estimate of drug-likeness (QED) is 0.858. The Morgan fingerprint density at radius 1 is 1.21 bits per heavy atom. The SMILES string of the molecule is Cc1ccc2cc(CN3CCN(C)C(C(=O)O)C3)c(N3CCOCC3)nc2c1. The number of hydrogen-bond donors (Lipinski definition) is 1. The summed E-state index contributed by atoms with van der Waals surface area (Å²) in [6, 6.07) is 8.11. The number of carbonyl (C=O) groups is 1. The van der Waals surface area contributed by atoms with Gasteiger partial charge in [-0.15, -0.1) is 0 Å². The molecule has 28 heavy (non-hydrogen) atoms. The first-order valence-electron chi connectivity index (χ1n) is 9.89. The van der Waals surface area contributed by atoms with Crippen LogP contribution in [0, 0.1) is 6.92 Å². The Balaban J connectivity index is 1.66. The van der Waals surface area contributed by atoms with Gasteiger partial charge in [0.05, 0.1) is 18.7 Å². The van der Waals surface area contributed by atoms with Crippen LogP contribution in [0.3, 0.4) is 0 Å². The number of carboxylic acids is 1. The highest BCUT2D eigenvalue weighted by atomic mass is 16.5. The molecule has 3 heterocycles. The first kappa shape index (κ1) is 19.1. The lowest BCUT2D eigenvalue weighted by atomic mass is 10.1. The molecule has 2 fully saturated rings. The van der Waals surface area contributed by atoms with Gasteiger partial charge in [0.2, 0.25) is 0 Å². The molecule has 7 heteroatoms. The molecule has 1 N–H and O–H groups in total. The van der Waals surface area contributed by atoms with Crippen LogP contribution in [0.2, 0.25) is 0 Å². The minimum absolute atomic E-state index is 0.461. The normalized spacial score (nSPS) is 21.9. The van der Waals surface area contributed by atoms with Crippen molar-refractivity contribution in [3.8, 4) is 0 Å². The first-order valence-corrected chi connectivity index (χ1v) is 9.89. The second kappa shape index (κ2) is 8.03. The summed E-state index contributed by atoms with van der Waals surface area (Å²) >= 11 is 0. The number of aryl methyl sites for hydroxylation is 1. The lowest BCUT2D eigenvalue weighted by Crippen LogP contribution is -2.54. The van der Waals surface area contributed by atoms with Crippen LogP contribution in [0.25, 0.3) is 10.9 Å². The van der Waals surface area contributed by atoms with E-state index in [4.69, 9.17) is 9.72 Å². The number of hydrogen-bond acceptors (Lipinski definition) is 6. The molecule has 0 aliphatic carbocycles. The van der Waals surface area contributed by atoms with Gasteiger partial charge < -0.3 is 14.7 Å². The number of likely N-dealkylation sites (N-methyl/N-ethyl adjacent to an activating group) is 1. The third kappa shape index (κ3) is 3.97. The summed E-state index contributed by atoms with van der Waals surface area (Å²) in [5, 5.41) is 10.6. The highest BCUT2D eigenvalue weighted by Crippen LogP contribution is 2.27. The van der Waals surface area contributed by atoms with Crippen molar-refractivity contribution in [2.75, 3.05) is 57.9 Å². The summed E-state index contributed by atoms with van der Waals surface area (Å²) < 4.78 is 5.52. The summed E-state index contributed by atoms with van der Waals surface area (Å²) in [7, 11) is 1.88. The monoisotopic (exact) mass is 384 g/mol. The number of piperazine rings is 1. The van der Waals surface area contributed by atoms with E-state index in [0.717, 1.165) is 48.5 Å². The standard InChI is InChI=1S/C21H28N4O3/c1-15-3-4-16-12-17(13-24-6-5-23(2)19(14-24)21(26)27)20(22-18(16)11-15)25-7-9-28-10-8-25/h3-4,11-12,19H,5-10,13-14H2,1-2H3,(H,26,27). The van der Waals surface area contributed by atoms with Gasteiger partial charge >= 0.3 is 5.97 Å². The van der Waals surface area contributed by atoms with Gasteiger partial charge in [-0.3, -0.25) is 14.6 Å². The molecule has 1 atom stereocenters. The zero-order valence-corrected chi connectivity index (χ0v) is 16.6. The Hall–Kier alpha value is -2.22. The molecule has 150 valence electrons. The molecule has 7 nitrogen and oxygen atoms in total. The number of morpholine rings is 1. The van der Waals surface area contributed by atoms with Crippen LogP contribution in [0.4, 0.5) is 5.82 Å². The van der Waals surface area contributed by atoms with Gasteiger partial charge in [0.1, 0.15) is 11.9 Å². The molecule has 2 aliphatic rings. The summed E-state index contributed by atoms with van der Waals surface area (Å²) in [6.07, 6.45) is 0. The molecule has 0 radical (unpaired) electrons. The van der Waals surface area contributed by atoms with E-state index >= 15 is 0 Å². The van der Waals surface area contributed by atoms with E-state index < -0.39 is 12.0 Å². The molecule has 2 aliphatic heterocycles. The van der Waals surface area contributed by atoms with Crippen molar-refractivity contribution in [2.45, 2.75) is 19.5 Å². The third-order valence-electron chi connectivity index (χ3n) is 5.75. The molecule has 1 aromatic heterocycles. The third-order valence-corrected chi connectivity index (χ3v) is 5.75. The van der Waals surface area contributed by atoms with Crippen LogP contribution in [0.15, 0.2) is 24.3 Å². The lowest BCUT2D eigenvalue weighted by molar-refractivity contribution is -0.145. The van der Waals surface area contributed by atoms with Crippen molar-refractivity contribution in [2.24, 2.45) is 0 Å². The van der Waals surface area contributed by atoms with Crippen molar-refractivity contribution < 1.29 is 14.6 Å². The fraction of sp³-hybridized carbons (Fsp3) is 0.524. The highest BCUT2D eigenvalue weighted by molar-refractivity contribution is 5.82. The Kier molecular flexibility index (Phi) is 5.48. The number of aliphatic carboxylic acids is 1. The fourth-order valence-corrected chi connectivity index (χ4v) is 4.06. The van der Waals surface area contributed by atoms with E-state index in [1.165, 1.54) is 5.56 Å². The smallest absolute Gasteiger partial charge is 0.322 e. The second-order valence-corrected chi connectivity index (χ2v) is 7.84. The zero-order chi connectivity index (χ0) is 19.7. The molecule has 0 saturated carbocycles. The number of pyridine rings is 1. The molecule has 0 spiro atoms. The Bertz CT molecular complexity index is 866. The predicted octanol–water partition coefficient (Wildman–Crippen LogP) is 1.58. The molecule has 0 bridgehead atoms. The second-order valence-electron chi connectivity index (χ2n) is 7.84. The van der Waals surface area contributed by atoms with Crippen molar-refractivity contribution in [3.63, 3.8) is 0 Å². The maximum atomic E-state index is 11.6. The average Bonchev–Trinajstić information content (AvgIpc) is 2.69. The van der Waals surface area contributed by atoms with Crippen LogP contribution >= 0.6 is 0 Å². The maximum absolute atomic E-state index is 11.6. The van der Waals surface area contributed by atoms with Crippen molar-refractivity contribution in [3.05, 3.63) is 35.4 Å². The van der Waals surface area contributed by atoms with Crippen LogP contribution < -0.4 is 4.90 Å². The van der Waals surface area contributed by atoms with Gasteiger partial charge in [-0.05, 0) is 31.7 Å². The molecular formula is C21H28N4O3. The van der Waals surface area contributed by atoms with E-state index in [1.54, 1.807) is 0 Å². The van der Waals surface area contributed by atoms with Crippen LogP contribution in [0.5, 0.6) is 0 Å². The van der Waals surface area contributed by atoms with Crippen molar-refractivity contribution in [1.82, 2.24) is 14.8 Å². The number of nitrogens with zero attached hydrogens (tertiary/aromatic N) is 4. The van der Waals surface area contributed by atoms with Gasteiger partial charge in [0, 0.05) is 50.2 Å². The van der Waals surface area contributed by atoms with E-state index in [0.29, 0.717) is 26.3 Å². The van der Waals surface area contributed by atoms with Gasteiger partial charge in [-0.1, -0.05) is 12.1 Å². The van der Waals surface area contributed by atoms with E-state index in [2.05, 4.69) is 41.0 Å². The highest BCUT2D eigenvalue weighted by Gasteiger charge is 2.30. The van der Waals surface area contributed by atoms with Gasteiger partial charge in [-0.25, -0.2) is 4.98 Å². The van der Waals surface area contributed by atoms with Crippen LogP contribution in [-0.4, -0.2) is 84.9 Å². The summed E-state index contributed by atoms with van der Waals surface area (Å²) in [5.41, 5.74) is 3.36. The maximum Gasteiger partial charge on any atom is 0.322 e. The number of anilines is 1. The fourth-order valence-electron chi connectivity index (χ4n) is 4.06. The number of fused-ring (bicyclic) bond motifs is 1. The van der Waals surface area contributed by atoms with Crippen LogP contribution in [0.1, 0.15) is 11.1 Å². The molecule has 4 rings (SSSR count). The molecular weight excluding hydrogens is 356 g/mol. The van der Waals surface area contributed by atoms with Gasteiger partial charge in [-0.2, -0.15) is 0 Å². The lowest BCUT2D eigenvalue weighted by Gasteiger charge is -2.38. The Labute approximate surface area is 165 Å². The number of ether oxygens (including phenoxy) is 1. The summed E-state index contributed by atoms with van der Waals surface area (Å²) in [4.78, 5) is 23.0. The minimum Gasteiger partial charge on any atom is -0.480 e. The van der Waals surface area contributed by atoms with E-state index in [1.807, 2.05) is 11.9 Å². The number of carboxylic acid groups (broad SMARTS) is 1. The first-order chi connectivity index (χ1) is 13.5. The minimum atomic E-state index is -0.757. The Morgan fingerprint density at radius 3 is 2.75 bits per heavy atom. The predicted molar refractivity (Wildman–Crippen MR) is 109 cm³/mol. The number of benzene rings is 1. The van der Waals surface area contributed by atoms with Crippen LogP contribution in [-0.2, 0) is 16.1 Å². The largest absolute Gasteiger partial charge is 0.480 e. The number of aromatic nitrogens is 1. The molecule has 1 unspecified atom stereocenters. The molecule has 2 aromatic rings. The average molecular weight is 384 g/mol. The van der Waals surface area contributed by atoms with Gasteiger partial charge in [0.15, 0.2) is 0 Å². The van der Waals surface area contributed by atoms with Crippen molar-refractivity contribution in [1.29, 1.82) is 0 Å². The zero-order valence-electron chi connectivity index (χ0n) is 16.6. The molecule has 0 amide bonds. The van der Waals surface area contributed by atoms with E-state index in [9.17, 15) is 9.90 Å².